The zero-order chi connectivity index (χ0) is 37.3. The number of aliphatic imine (C=N–C) groups is 1. The predicted molar refractivity (Wildman–Crippen MR) is 235 cm³/mol. The molecule has 0 bridgehead atoms. The van der Waals surface area contributed by atoms with Gasteiger partial charge in [-0.3, -0.25) is 0 Å². The van der Waals surface area contributed by atoms with Crippen molar-refractivity contribution in [3.63, 3.8) is 0 Å². The van der Waals surface area contributed by atoms with E-state index in [1.54, 1.807) is 17.8 Å². The molecule has 2 heterocycles. The van der Waals surface area contributed by atoms with Crippen LogP contribution in [0.25, 0.3) is 5.57 Å². The van der Waals surface area contributed by atoms with Crippen molar-refractivity contribution in [2.24, 2.45) is 4.99 Å². The van der Waals surface area contributed by atoms with Gasteiger partial charge in [0.2, 0.25) is 0 Å². The minimum Gasteiger partial charge on any atom is -0.461 e. The molecule has 54 heavy (non-hydrogen) atoms. The summed E-state index contributed by atoms with van der Waals surface area (Å²) in [5.41, 5.74) is 9.64. The molecule has 4 aromatic carbocycles. The maximum absolute atomic E-state index is 6.28. The van der Waals surface area contributed by atoms with E-state index in [1.807, 2.05) is 73.3 Å². The van der Waals surface area contributed by atoms with Crippen LogP contribution in [0.1, 0.15) is 24.5 Å². The molecule has 0 aromatic heterocycles. The molecule has 6 heteroatoms. The highest BCUT2D eigenvalue weighted by atomic mass is 32.2. The molecule has 7 rings (SSSR count). The molecule has 0 saturated heterocycles. The van der Waals surface area contributed by atoms with Gasteiger partial charge in [-0.2, -0.15) is 0 Å². The number of hydrogen-bond acceptors (Lipinski definition) is 6. The van der Waals surface area contributed by atoms with Crippen LogP contribution in [0.2, 0.25) is 0 Å². The molecule has 4 nitrogen and oxygen atoms in total. The predicted octanol–water partition coefficient (Wildman–Crippen LogP) is 12.8. The van der Waals surface area contributed by atoms with Crippen LogP contribution < -0.4 is 14.5 Å². The first-order valence-corrected chi connectivity index (χ1v) is 19.9. The van der Waals surface area contributed by atoms with Gasteiger partial charge < -0.3 is 14.5 Å². The van der Waals surface area contributed by atoms with Gasteiger partial charge in [-0.15, -0.1) is 11.8 Å². The highest BCUT2D eigenvalue weighted by molar-refractivity contribution is 8.14. The molecular weight excluding hydrogens is 699 g/mol. The highest BCUT2D eigenvalue weighted by Crippen LogP contribution is 2.46. The second-order valence-corrected chi connectivity index (χ2v) is 15.0. The van der Waals surface area contributed by atoms with Gasteiger partial charge in [-0.1, -0.05) is 134 Å². The molecule has 1 unspecified atom stereocenters. The van der Waals surface area contributed by atoms with Gasteiger partial charge in [0.1, 0.15) is 21.9 Å². The van der Waals surface area contributed by atoms with Crippen LogP contribution in [-0.4, -0.2) is 23.2 Å². The second kappa shape index (κ2) is 17.4. The number of fused-ring (bicyclic) bond motifs is 1. The van der Waals surface area contributed by atoms with Crippen molar-refractivity contribution >= 4 is 51.2 Å². The standard InChI is InChI=1S/C48H43N3OS2/c1-5-6-21-44(36(3)52-43-19-10-7-11-20-43)37-24-29-41(30-25-37)51(42-31-26-38(27-32-42)47-49-35(2)16-9-8-14-34-53-47)40-18-15-17-39(28-33-40)48-50(4)45-22-12-13-23-46(45)54-48/h5-14,16-33,48H,1-2,15,34H2,3-4H3/b14-8-,16-9-,21-6-,44-36-,49-47-. The number of hydrogen-bond donors (Lipinski definition) is 0. The normalized spacial score (nSPS) is 19.5. The summed E-state index contributed by atoms with van der Waals surface area (Å²) < 4.78 is 6.28. The van der Waals surface area contributed by atoms with E-state index >= 15 is 0 Å². The van der Waals surface area contributed by atoms with E-state index in [0.717, 1.165) is 68.2 Å². The Hall–Kier alpha value is -5.69. The van der Waals surface area contributed by atoms with Crippen molar-refractivity contribution < 1.29 is 4.74 Å². The lowest BCUT2D eigenvalue weighted by molar-refractivity contribution is 0.431. The van der Waals surface area contributed by atoms with Crippen molar-refractivity contribution in [3.8, 4) is 5.75 Å². The summed E-state index contributed by atoms with van der Waals surface area (Å²) in [5.74, 6) is 2.45. The van der Waals surface area contributed by atoms with Crippen LogP contribution in [0, 0.1) is 0 Å². The van der Waals surface area contributed by atoms with Gasteiger partial charge in [-0.25, -0.2) is 4.99 Å². The number of allylic oxidation sites excluding steroid dienone is 11. The van der Waals surface area contributed by atoms with E-state index in [-0.39, 0.29) is 5.37 Å². The molecule has 3 aliphatic rings. The molecule has 0 radical (unpaired) electrons. The Morgan fingerprint density at radius 2 is 1.61 bits per heavy atom. The summed E-state index contributed by atoms with van der Waals surface area (Å²) in [6.07, 6.45) is 23.9. The van der Waals surface area contributed by atoms with Gasteiger partial charge >= 0.3 is 0 Å². The number of likely N-dealkylation sites (N-methyl/N-ethyl adjacent to an activating group) is 1. The van der Waals surface area contributed by atoms with Crippen LogP contribution in [0.15, 0.2) is 216 Å². The smallest absolute Gasteiger partial charge is 0.126 e. The molecule has 0 saturated carbocycles. The molecule has 1 atom stereocenters. The Morgan fingerprint density at radius 1 is 0.870 bits per heavy atom. The van der Waals surface area contributed by atoms with Crippen LogP contribution >= 0.6 is 23.5 Å². The Kier molecular flexibility index (Phi) is 11.8. The van der Waals surface area contributed by atoms with Crippen LogP contribution in [0.4, 0.5) is 17.1 Å². The fourth-order valence-corrected chi connectivity index (χ4v) is 8.68. The summed E-state index contributed by atoms with van der Waals surface area (Å²) in [7, 11) is 2.19. The van der Waals surface area contributed by atoms with E-state index in [2.05, 4.69) is 139 Å². The third-order valence-corrected chi connectivity index (χ3v) is 11.6. The van der Waals surface area contributed by atoms with E-state index in [4.69, 9.17) is 9.73 Å². The van der Waals surface area contributed by atoms with Crippen molar-refractivity contribution in [1.29, 1.82) is 0 Å². The van der Waals surface area contributed by atoms with E-state index < -0.39 is 0 Å². The highest BCUT2D eigenvalue weighted by Gasteiger charge is 2.29. The van der Waals surface area contributed by atoms with E-state index in [0.29, 0.717) is 0 Å². The van der Waals surface area contributed by atoms with Crippen molar-refractivity contribution in [2.75, 3.05) is 22.6 Å². The topological polar surface area (TPSA) is 28.1 Å². The molecule has 268 valence electrons. The SMILES string of the molecule is C=C/C=C\C(=C(/C)Oc1ccccc1)c1ccc(N(C2=CCC=C(C3Sc4ccccc4N3C)C=C2)c2ccc(/C3=N/C(=C)/C=C\C=C/CS3)cc2)cc1. The molecule has 2 aliphatic heterocycles. The minimum atomic E-state index is 0.222. The summed E-state index contributed by atoms with van der Waals surface area (Å²) in [5, 5.41) is 1.18. The van der Waals surface area contributed by atoms with Gasteiger partial charge in [-0.05, 0) is 85.2 Å². The largest absolute Gasteiger partial charge is 0.461 e. The molecular formula is C48H43N3OS2. The van der Waals surface area contributed by atoms with E-state index in [1.165, 1.54) is 16.2 Å². The number of anilines is 3. The lowest BCUT2D eigenvalue weighted by Crippen LogP contribution is -2.25. The Morgan fingerprint density at radius 3 is 2.37 bits per heavy atom. The van der Waals surface area contributed by atoms with Gasteiger partial charge in [0.05, 0.1) is 11.4 Å². The Bertz CT molecular complexity index is 2250. The summed E-state index contributed by atoms with van der Waals surface area (Å²) in [6, 6.07) is 35.9. The molecule has 0 spiro atoms. The van der Waals surface area contributed by atoms with Crippen LogP contribution in [0.5, 0.6) is 5.75 Å². The summed E-state index contributed by atoms with van der Waals surface area (Å²) in [4.78, 5) is 10.9. The molecule has 4 aromatic rings. The monoisotopic (exact) mass is 741 g/mol. The van der Waals surface area contributed by atoms with Crippen molar-refractivity contribution in [3.05, 3.63) is 217 Å². The molecule has 0 N–H and O–H groups in total. The second-order valence-electron chi connectivity index (χ2n) is 12.9. The number of benzene rings is 4. The number of rotatable bonds is 10. The number of nitrogens with zero attached hydrogens (tertiary/aromatic N) is 3. The number of thioether (sulfide) groups is 2. The zero-order valence-electron chi connectivity index (χ0n) is 30.6. The first-order chi connectivity index (χ1) is 26.5. The zero-order valence-corrected chi connectivity index (χ0v) is 32.3. The summed E-state index contributed by atoms with van der Waals surface area (Å²) in [6.45, 7) is 10.0. The molecule has 0 fully saturated rings. The quantitative estimate of drug-likeness (QED) is 0.119. The third kappa shape index (κ3) is 8.57. The van der Waals surface area contributed by atoms with Crippen molar-refractivity contribution in [2.45, 2.75) is 23.6 Å². The van der Waals surface area contributed by atoms with Gasteiger partial charge in [0.25, 0.3) is 0 Å². The Balaban J connectivity index is 1.23. The number of ether oxygens (including phenoxy) is 1. The first kappa shape index (κ1) is 36.7. The fraction of sp³-hybridized carbons (Fsp3) is 0.104. The van der Waals surface area contributed by atoms with Crippen molar-refractivity contribution in [1.82, 2.24) is 0 Å². The molecule has 1 aliphatic carbocycles. The molecule has 0 amide bonds. The fourth-order valence-electron chi connectivity index (χ4n) is 6.52. The van der Waals surface area contributed by atoms with Crippen LogP contribution in [0.3, 0.4) is 0 Å². The van der Waals surface area contributed by atoms with Crippen LogP contribution in [-0.2, 0) is 0 Å². The average molecular weight is 742 g/mol. The van der Waals surface area contributed by atoms with Gasteiger partial charge in [0.15, 0.2) is 0 Å². The van der Waals surface area contributed by atoms with E-state index in [9.17, 15) is 0 Å². The Labute approximate surface area is 328 Å². The van der Waals surface area contributed by atoms with Gasteiger partial charge in [0, 0.05) is 45.9 Å². The minimum absolute atomic E-state index is 0.222. The maximum atomic E-state index is 6.28. The lowest BCUT2D eigenvalue weighted by atomic mass is 10.0. The summed E-state index contributed by atoms with van der Waals surface area (Å²) >= 11 is 3.63. The third-order valence-electron chi connectivity index (χ3n) is 9.20. The lowest BCUT2D eigenvalue weighted by Gasteiger charge is -2.27. The first-order valence-electron chi connectivity index (χ1n) is 18.0. The maximum Gasteiger partial charge on any atom is 0.126 e. The average Bonchev–Trinajstić information content (AvgIpc) is 3.41. The number of para-hydroxylation sites is 2.